The molecule has 1 aliphatic carbocycles. The van der Waals surface area contributed by atoms with Crippen molar-refractivity contribution >= 4 is 15.9 Å². The second-order valence-electron chi connectivity index (χ2n) is 8.09. The van der Waals surface area contributed by atoms with Gasteiger partial charge in [-0.3, -0.25) is 4.79 Å². The zero-order valence-electron chi connectivity index (χ0n) is 16.8. The van der Waals surface area contributed by atoms with E-state index in [0.29, 0.717) is 31.4 Å². The molecule has 1 heterocycles. The Hall–Kier alpha value is -1.48. The van der Waals surface area contributed by atoms with Crippen molar-refractivity contribution in [2.45, 2.75) is 68.9 Å². The van der Waals surface area contributed by atoms with E-state index in [1.54, 1.807) is 24.3 Å². The summed E-state index contributed by atoms with van der Waals surface area (Å²) in [6, 6.07) is 8.56. The second-order valence-corrected chi connectivity index (χ2v) is 9.84. The third-order valence-corrected chi connectivity index (χ3v) is 7.19. The number of hydrogen-bond acceptors (Lipinski definition) is 5. The predicted molar refractivity (Wildman–Crippen MR) is 111 cm³/mol. The van der Waals surface area contributed by atoms with E-state index in [1.807, 2.05) is 6.07 Å². The van der Waals surface area contributed by atoms with Crippen LogP contribution in [0.15, 0.2) is 30.3 Å². The van der Waals surface area contributed by atoms with Crippen molar-refractivity contribution in [1.82, 2.24) is 10.0 Å². The van der Waals surface area contributed by atoms with Gasteiger partial charge in [-0.2, -0.15) is 0 Å². The largest absolute Gasteiger partial charge is 0.394 e. The van der Waals surface area contributed by atoms with Crippen LogP contribution in [0.5, 0.6) is 0 Å². The molecule has 0 aromatic heterocycles. The lowest BCUT2D eigenvalue weighted by atomic mass is 9.98. The lowest BCUT2D eigenvalue weighted by Gasteiger charge is -2.36. The van der Waals surface area contributed by atoms with Gasteiger partial charge in [0.1, 0.15) is 0 Å². The first-order chi connectivity index (χ1) is 14.0. The van der Waals surface area contributed by atoms with Crippen molar-refractivity contribution in [3.8, 4) is 0 Å². The van der Waals surface area contributed by atoms with Gasteiger partial charge in [-0.15, -0.1) is 0 Å². The fourth-order valence-electron chi connectivity index (χ4n) is 4.23. The van der Waals surface area contributed by atoms with E-state index >= 15 is 0 Å². The van der Waals surface area contributed by atoms with E-state index in [2.05, 4.69) is 10.0 Å². The van der Waals surface area contributed by atoms with Gasteiger partial charge < -0.3 is 15.2 Å². The Balaban J connectivity index is 1.44. The highest BCUT2D eigenvalue weighted by atomic mass is 32.2. The van der Waals surface area contributed by atoms with Gasteiger partial charge in [-0.25, -0.2) is 13.1 Å². The van der Waals surface area contributed by atoms with Gasteiger partial charge in [0, 0.05) is 12.5 Å². The Bertz CT molecular complexity index is 750. The molecule has 0 bridgehead atoms. The van der Waals surface area contributed by atoms with E-state index in [4.69, 9.17) is 4.74 Å². The summed E-state index contributed by atoms with van der Waals surface area (Å²) < 4.78 is 33.6. The van der Waals surface area contributed by atoms with Crippen LogP contribution in [0.25, 0.3) is 0 Å². The number of amides is 1. The predicted octanol–water partition coefficient (Wildman–Crippen LogP) is 1.71. The van der Waals surface area contributed by atoms with Gasteiger partial charge in [-0.05, 0) is 37.7 Å². The summed E-state index contributed by atoms with van der Waals surface area (Å²) >= 11 is 0. The minimum Gasteiger partial charge on any atom is -0.394 e. The fraction of sp³-hybridized carbons (Fsp3) is 0.667. The van der Waals surface area contributed by atoms with Gasteiger partial charge in [-0.1, -0.05) is 43.2 Å². The topological polar surface area (TPSA) is 105 Å². The standard InChI is InChI=1S/C21H32N2O5S/c24-14-20-19(23-29(26,27)15-16-6-2-1-3-7-16)11-10-18(28-20)12-13-22-21(25)17-8-4-5-9-17/h1-3,6-7,17-20,23-24H,4-5,8-15H2,(H,22,25)/t18-,19-,20+/m1/s1. The minimum absolute atomic E-state index is 0.0918. The molecule has 1 aliphatic heterocycles. The molecule has 3 N–H and O–H groups in total. The smallest absolute Gasteiger partial charge is 0.223 e. The van der Waals surface area contributed by atoms with E-state index in [1.165, 1.54) is 0 Å². The number of sulfonamides is 1. The monoisotopic (exact) mass is 424 g/mol. The second kappa shape index (κ2) is 10.5. The SMILES string of the molecule is O=C(NCC[C@H]1CC[C@@H](NS(=O)(=O)Cc2ccccc2)[C@H](CO)O1)C1CCCC1. The molecule has 0 radical (unpaired) electrons. The fourth-order valence-corrected chi connectivity index (χ4v) is 5.68. The van der Waals surface area contributed by atoms with Crippen molar-refractivity contribution in [2.75, 3.05) is 13.2 Å². The first-order valence-electron chi connectivity index (χ1n) is 10.5. The lowest BCUT2D eigenvalue weighted by Crippen LogP contribution is -2.51. The third-order valence-electron chi connectivity index (χ3n) is 5.82. The Labute approximate surface area is 173 Å². The molecule has 1 aromatic carbocycles. The van der Waals surface area contributed by atoms with Crippen LogP contribution >= 0.6 is 0 Å². The van der Waals surface area contributed by atoms with Crippen LogP contribution in [0.4, 0.5) is 0 Å². The molecule has 2 aliphatic rings. The molecule has 7 nitrogen and oxygen atoms in total. The number of aliphatic hydroxyl groups excluding tert-OH is 1. The van der Waals surface area contributed by atoms with Crippen LogP contribution < -0.4 is 10.0 Å². The number of ether oxygens (including phenoxy) is 1. The van der Waals surface area contributed by atoms with E-state index < -0.39 is 22.2 Å². The van der Waals surface area contributed by atoms with Crippen molar-refractivity contribution in [3.05, 3.63) is 35.9 Å². The summed E-state index contributed by atoms with van der Waals surface area (Å²) in [7, 11) is -3.53. The Morgan fingerprint density at radius 3 is 2.52 bits per heavy atom. The van der Waals surface area contributed by atoms with Gasteiger partial charge in [0.25, 0.3) is 0 Å². The maximum Gasteiger partial charge on any atom is 0.223 e. The molecule has 29 heavy (non-hydrogen) atoms. The molecule has 162 valence electrons. The summed E-state index contributed by atoms with van der Waals surface area (Å²) in [6.07, 6.45) is 5.49. The van der Waals surface area contributed by atoms with Crippen molar-refractivity contribution < 1.29 is 23.1 Å². The molecule has 1 saturated carbocycles. The zero-order chi connectivity index (χ0) is 20.7. The highest BCUT2D eigenvalue weighted by molar-refractivity contribution is 7.88. The molecule has 1 aromatic rings. The summed E-state index contributed by atoms with van der Waals surface area (Å²) in [6.45, 7) is 0.298. The van der Waals surface area contributed by atoms with Gasteiger partial charge >= 0.3 is 0 Å². The van der Waals surface area contributed by atoms with E-state index in [0.717, 1.165) is 25.7 Å². The number of nitrogens with one attached hydrogen (secondary N) is 2. The molecule has 1 saturated heterocycles. The normalized spacial score (nSPS) is 25.8. The first kappa shape index (κ1) is 22.2. The maximum atomic E-state index is 12.5. The molecular weight excluding hydrogens is 392 g/mol. The first-order valence-corrected chi connectivity index (χ1v) is 12.2. The van der Waals surface area contributed by atoms with Crippen LogP contribution in [-0.2, 0) is 25.3 Å². The molecule has 0 unspecified atom stereocenters. The van der Waals surface area contributed by atoms with Crippen molar-refractivity contribution in [3.63, 3.8) is 0 Å². The van der Waals surface area contributed by atoms with Crippen molar-refractivity contribution in [2.24, 2.45) is 5.92 Å². The maximum absolute atomic E-state index is 12.5. The van der Waals surface area contributed by atoms with Crippen LogP contribution in [0.2, 0.25) is 0 Å². The summed E-state index contributed by atoms with van der Waals surface area (Å²) in [5, 5.41) is 12.7. The van der Waals surface area contributed by atoms with E-state index in [-0.39, 0.29) is 30.3 Å². The highest BCUT2D eigenvalue weighted by Crippen LogP contribution is 2.25. The molecule has 2 fully saturated rings. The zero-order valence-corrected chi connectivity index (χ0v) is 17.6. The molecule has 8 heteroatoms. The number of carbonyl (C=O) groups is 1. The molecule has 1 amide bonds. The number of hydrogen-bond donors (Lipinski definition) is 3. The van der Waals surface area contributed by atoms with E-state index in [9.17, 15) is 18.3 Å². The minimum atomic E-state index is -3.53. The van der Waals surface area contributed by atoms with Crippen molar-refractivity contribution in [1.29, 1.82) is 0 Å². The number of benzene rings is 1. The Kier molecular flexibility index (Phi) is 8.06. The van der Waals surface area contributed by atoms with Crippen LogP contribution in [0.1, 0.15) is 50.5 Å². The highest BCUT2D eigenvalue weighted by Gasteiger charge is 2.33. The van der Waals surface area contributed by atoms with Gasteiger partial charge in [0.15, 0.2) is 0 Å². The molecule has 3 atom stereocenters. The molecule has 0 spiro atoms. The summed E-state index contributed by atoms with van der Waals surface area (Å²) in [5.74, 6) is 0.179. The van der Waals surface area contributed by atoms with Gasteiger partial charge in [0.2, 0.25) is 15.9 Å². The third kappa shape index (κ3) is 6.77. The van der Waals surface area contributed by atoms with Crippen LogP contribution in [0, 0.1) is 5.92 Å². The van der Waals surface area contributed by atoms with Crippen LogP contribution in [-0.4, -0.2) is 50.8 Å². The number of rotatable bonds is 9. The summed E-state index contributed by atoms with van der Waals surface area (Å²) in [5.41, 5.74) is 0.716. The number of carbonyl (C=O) groups excluding carboxylic acids is 1. The van der Waals surface area contributed by atoms with Gasteiger partial charge in [0.05, 0.1) is 30.6 Å². The Morgan fingerprint density at radius 1 is 1.10 bits per heavy atom. The summed E-state index contributed by atoms with van der Waals surface area (Å²) in [4.78, 5) is 12.1. The van der Waals surface area contributed by atoms with Crippen LogP contribution in [0.3, 0.4) is 0 Å². The number of aliphatic hydroxyl groups is 1. The average molecular weight is 425 g/mol. The quantitative estimate of drug-likeness (QED) is 0.560. The lowest BCUT2D eigenvalue weighted by molar-refractivity contribution is -0.125. The Morgan fingerprint density at radius 2 is 1.83 bits per heavy atom. The molecule has 3 rings (SSSR count). The molecular formula is C21H32N2O5S. The average Bonchev–Trinajstić information content (AvgIpc) is 3.24.